The first-order chi connectivity index (χ1) is 8.58. The summed E-state index contributed by atoms with van der Waals surface area (Å²) in [6.45, 7) is 0. The normalized spacial score (nSPS) is 11.8. The zero-order chi connectivity index (χ0) is 13.0. The van der Waals surface area contributed by atoms with E-state index in [0.29, 0.717) is 0 Å². The topological polar surface area (TPSA) is 34.1 Å². The smallest absolute Gasteiger partial charge is 0.199 e. The van der Waals surface area contributed by atoms with Gasteiger partial charge >= 0.3 is 0 Å². The molecule has 0 atom stereocenters. The fraction of sp³-hybridized carbons (Fsp3) is 0. The molecule has 0 aliphatic heterocycles. The van der Waals surface area contributed by atoms with Crippen LogP contribution in [0.4, 0.5) is 4.39 Å². The van der Waals surface area contributed by atoms with Gasteiger partial charge in [-0.15, -0.1) is 0 Å². The quantitative estimate of drug-likeness (QED) is 0.795. The van der Waals surface area contributed by atoms with E-state index in [2.05, 4.69) is 0 Å². The maximum atomic E-state index is 12.7. The molecule has 18 heavy (non-hydrogen) atoms. The zero-order valence-corrected chi connectivity index (χ0v) is 10.3. The van der Waals surface area contributed by atoms with Crippen LogP contribution < -0.4 is 0 Å². The van der Waals surface area contributed by atoms with Gasteiger partial charge in [-0.25, -0.2) is 12.8 Å². The van der Waals surface area contributed by atoms with Crippen LogP contribution in [0.3, 0.4) is 0 Å². The van der Waals surface area contributed by atoms with Crippen molar-refractivity contribution in [3.05, 3.63) is 71.4 Å². The van der Waals surface area contributed by atoms with Crippen molar-refractivity contribution in [3.8, 4) is 0 Å². The highest BCUT2D eigenvalue weighted by atomic mass is 32.2. The number of sulfone groups is 1. The van der Waals surface area contributed by atoms with Crippen molar-refractivity contribution >= 4 is 15.9 Å². The van der Waals surface area contributed by atoms with E-state index in [-0.39, 0.29) is 4.90 Å². The van der Waals surface area contributed by atoms with Gasteiger partial charge in [0.1, 0.15) is 5.82 Å². The first-order valence-electron chi connectivity index (χ1n) is 5.32. The van der Waals surface area contributed by atoms with E-state index in [4.69, 9.17) is 0 Å². The second-order valence-electron chi connectivity index (χ2n) is 3.71. The molecule has 0 bridgehead atoms. The molecule has 2 nitrogen and oxygen atoms in total. The first-order valence-corrected chi connectivity index (χ1v) is 6.86. The third-order valence-corrected chi connectivity index (χ3v) is 3.81. The second-order valence-corrected chi connectivity index (χ2v) is 5.55. The van der Waals surface area contributed by atoms with E-state index in [9.17, 15) is 12.8 Å². The monoisotopic (exact) mass is 262 g/mol. The molecule has 0 aliphatic rings. The van der Waals surface area contributed by atoms with Gasteiger partial charge in [0.25, 0.3) is 0 Å². The summed E-state index contributed by atoms with van der Waals surface area (Å²) in [6.07, 6.45) is 1.51. The molecule has 0 spiro atoms. The molecule has 0 amide bonds. The number of benzene rings is 2. The molecule has 0 aromatic heterocycles. The van der Waals surface area contributed by atoms with Crippen LogP contribution in [0.15, 0.2) is 64.9 Å². The van der Waals surface area contributed by atoms with Gasteiger partial charge in [-0.05, 0) is 35.9 Å². The molecule has 4 heteroatoms. The van der Waals surface area contributed by atoms with Crippen LogP contribution in [0.25, 0.3) is 6.08 Å². The van der Waals surface area contributed by atoms with Gasteiger partial charge in [0.15, 0.2) is 9.84 Å². The van der Waals surface area contributed by atoms with Gasteiger partial charge in [0.2, 0.25) is 0 Å². The number of halogens is 1. The summed E-state index contributed by atoms with van der Waals surface area (Å²) in [5, 5.41) is 1.12. The molecule has 0 N–H and O–H groups in total. The molecule has 0 aliphatic carbocycles. The van der Waals surface area contributed by atoms with Gasteiger partial charge in [0, 0.05) is 5.41 Å². The summed E-state index contributed by atoms with van der Waals surface area (Å²) in [5.41, 5.74) is 0.795. The summed E-state index contributed by atoms with van der Waals surface area (Å²) in [4.78, 5) is 0.0797. The summed E-state index contributed by atoms with van der Waals surface area (Å²) in [7, 11) is -3.52. The largest absolute Gasteiger partial charge is 0.219 e. The standard InChI is InChI=1S/C14H11FO2S/c15-13-6-8-14(9-7-13)18(16,17)11-10-12-4-2-1-3-5-12/h1-11H/b11-10-. The average molecular weight is 262 g/mol. The molecule has 0 fully saturated rings. The molecule has 92 valence electrons. The van der Waals surface area contributed by atoms with Crippen molar-refractivity contribution in [2.75, 3.05) is 0 Å². The van der Waals surface area contributed by atoms with Crippen LogP contribution >= 0.6 is 0 Å². The molecule has 2 aromatic rings. The van der Waals surface area contributed by atoms with Crippen LogP contribution in [0.1, 0.15) is 5.56 Å². The second kappa shape index (κ2) is 5.14. The van der Waals surface area contributed by atoms with Gasteiger partial charge in [-0.2, -0.15) is 0 Å². The van der Waals surface area contributed by atoms with Crippen molar-refractivity contribution < 1.29 is 12.8 Å². The molecular formula is C14H11FO2S. The van der Waals surface area contributed by atoms with Crippen molar-refractivity contribution in [2.24, 2.45) is 0 Å². The molecule has 0 saturated carbocycles. The van der Waals surface area contributed by atoms with Gasteiger partial charge < -0.3 is 0 Å². The fourth-order valence-corrected chi connectivity index (χ4v) is 2.44. The Morgan fingerprint density at radius 3 is 2.11 bits per heavy atom. The lowest BCUT2D eigenvalue weighted by atomic mass is 10.2. The average Bonchev–Trinajstić information content (AvgIpc) is 2.38. The van der Waals surface area contributed by atoms with Gasteiger partial charge in [-0.1, -0.05) is 30.3 Å². The van der Waals surface area contributed by atoms with Crippen LogP contribution in [0, 0.1) is 5.82 Å². The maximum absolute atomic E-state index is 12.7. The van der Waals surface area contributed by atoms with Gasteiger partial charge in [0.05, 0.1) is 4.90 Å². The molecule has 2 aromatic carbocycles. The lowest BCUT2D eigenvalue weighted by Crippen LogP contribution is -1.95. The highest BCUT2D eigenvalue weighted by Crippen LogP contribution is 2.14. The highest BCUT2D eigenvalue weighted by Gasteiger charge is 2.09. The summed E-state index contributed by atoms with van der Waals surface area (Å²) < 4.78 is 36.5. The van der Waals surface area contributed by atoms with E-state index >= 15 is 0 Å². The minimum absolute atomic E-state index is 0.0797. The van der Waals surface area contributed by atoms with Crippen molar-refractivity contribution in [1.82, 2.24) is 0 Å². The molecule has 0 unspecified atom stereocenters. The zero-order valence-electron chi connectivity index (χ0n) is 9.45. The molecule has 0 heterocycles. The van der Waals surface area contributed by atoms with Crippen LogP contribution in [0.2, 0.25) is 0 Å². The Kier molecular flexibility index (Phi) is 3.58. The predicted molar refractivity (Wildman–Crippen MR) is 69.1 cm³/mol. The lowest BCUT2D eigenvalue weighted by molar-refractivity contribution is 0.603. The molecule has 0 radical (unpaired) electrons. The molecule has 2 rings (SSSR count). The predicted octanol–water partition coefficient (Wildman–Crippen LogP) is 3.27. The maximum Gasteiger partial charge on any atom is 0.199 e. The number of hydrogen-bond acceptors (Lipinski definition) is 2. The Hall–Kier alpha value is -1.94. The van der Waals surface area contributed by atoms with Crippen molar-refractivity contribution in [2.45, 2.75) is 4.90 Å². The van der Waals surface area contributed by atoms with Crippen LogP contribution in [-0.4, -0.2) is 8.42 Å². The fourth-order valence-electron chi connectivity index (χ4n) is 1.44. The Morgan fingerprint density at radius 1 is 0.889 bits per heavy atom. The number of rotatable bonds is 3. The third kappa shape index (κ3) is 3.05. The van der Waals surface area contributed by atoms with E-state index in [1.807, 2.05) is 18.2 Å². The molecular weight excluding hydrogens is 251 g/mol. The minimum atomic E-state index is -3.52. The van der Waals surface area contributed by atoms with E-state index in [1.165, 1.54) is 18.2 Å². The molecule has 0 saturated heterocycles. The van der Waals surface area contributed by atoms with E-state index in [1.54, 1.807) is 12.1 Å². The van der Waals surface area contributed by atoms with E-state index < -0.39 is 15.7 Å². The van der Waals surface area contributed by atoms with Crippen molar-refractivity contribution in [3.63, 3.8) is 0 Å². The SMILES string of the molecule is O=S(=O)(/C=C\c1ccccc1)c1ccc(F)cc1. The Bertz CT molecular complexity index is 644. The highest BCUT2D eigenvalue weighted by molar-refractivity contribution is 7.94. The number of hydrogen-bond donors (Lipinski definition) is 0. The summed E-state index contributed by atoms with van der Waals surface area (Å²) in [5.74, 6) is -0.457. The Labute approximate surface area is 105 Å². The lowest BCUT2D eigenvalue weighted by Gasteiger charge is -1.98. The van der Waals surface area contributed by atoms with Gasteiger partial charge in [-0.3, -0.25) is 0 Å². The Balaban J connectivity index is 2.28. The Morgan fingerprint density at radius 2 is 1.50 bits per heavy atom. The first kappa shape index (κ1) is 12.5. The third-order valence-electron chi connectivity index (χ3n) is 2.38. The summed E-state index contributed by atoms with van der Waals surface area (Å²) in [6, 6.07) is 13.9. The van der Waals surface area contributed by atoms with Crippen LogP contribution in [-0.2, 0) is 9.84 Å². The van der Waals surface area contributed by atoms with E-state index in [0.717, 1.165) is 23.1 Å². The minimum Gasteiger partial charge on any atom is -0.219 e. The van der Waals surface area contributed by atoms with Crippen LogP contribution in [0.5, 0.6) is 0 Å². The summed E-state index contributed by atoms with van der Waals surface area (Å²) >= 11 is 0. The van der Waals surface area contributed by atoms with Crippen molar-refractivity contribution in [1.29, 1.82) is 0 Å².